The first-order chi connectivity index (χ1) is 9.99. The number of halogens is 1. The second-order valence-electron chi connectivity index (χ2n) is 4.58. The standard InChI is InChI=1S/C16H13BrN2O2/c1-10-3-5-14(11(2)7-10)19-16(20)12(9-18)8-13-4-6-15(17)21-13/h3-8H,1-2H3,(H,19,20)/b12-8+. The molecule has 1 amide bonds. The first-order valence-corrected chi connectivity index (χ1v) is 7.04. The van der Waals surface area contributed by atoms with Gasteiger partial charge in [0.15, 0.2) is 4.67 Å². The van der Waals surface area contributed by atoms with Gasteiger partial charge >= 0.3 is 0 Å². The lowest BCUT2D eigenvalue weighted by Gasteiger charge is -2.08. The van der Waals surface area contributed by atoms with Crippen molar-refractivity contribution in [3.63, 3.8) is 0 Å². The topological polar surface area (TPSA) is 66.0 Å². The molecule has 21 heavy (non-hydrogen) atoms. The number of hydrogen-bond acceptors (Lipinski definition) is 3. The predicted molar refractivity (Wildman–Crippen MR) is 84.5 cm³/mol. The molecule has 0 aliphatic carbocycles. The highest BCUT2D eigenvalue weighted by molar-refractivity contribution is 9.10. The van der Waals surface area contributed by atoms with Crippen molar-refractivity contribution in [2.45, 2.75) is 13.8 Å². The Labute approximate surface area is 131 Å². The van der Waals surface area contributed by atoms with Crippen LogP contribution in [-0.2, 0) is 4.79 Å². The fourth-order valence-corrected chi connectivity index (χ4v) is 2.16. The fourth-order valence-electron chi connectivity index (χ4n) is 1.84. The van der Waals surface area contributed by atoms with E-state index in [1.807, 2.05) is 38.1 Å². The molecule has 0 atom stereocenters. The van der Waals surface area contributed by atoms with Crippen LogP contribution in [0.4, 0.5) is 5.69 Å². The predicted octanol–water partition coefficient (Wildman–Crippen LogP) is 4.20. The Bertz CT molecular complexity index is 754. The maximum absolute atomic E-state index is 12.1. The average molecular weight is 345 g/mol. The summed E-state index contributed by atoms with van der Waals surface area (Å²) in [4.78, 5) is 12.1. The van der Waals surface area contributed by atoms with Crippen LogP contribution in [0.3, 0.4) is 0 Å². The number of rotatable bonds is 3. The normalized spacial score (nSPS) is 11.0. The molecule has 2 aromatic rings. The van der Waals surface area contributed by atoms with Crippen molar-refractivity contribution >= 4 is 33.6 Å². The number of anilines is 1. The summed E-state index contributed by atoms with van der Waals surface area (Å²) in [6.45, 7) is 3.88. The maximum atomic E-state index is 12.1. The summed E-state index contributed by atoms with van der Waals surface area (Å²) in [6.07, 6.45) is 1.41. The van der Waals surface area contributed by atoms with Gasteiger partial charge in [0.25, 0.3) is 5.91 Å². The van der Waals surface area contributed by atoms with E-state index in [-0.39, 0.29) is 5.57 Å². The number of nitriles is 1. The largest absolute Gasteiger partial charge is 0.450 e. The SMILES string of the molecule is Cc1ccc(NC(=O)/C(C#N)=C/c2ccc(Br)o2)c(C)c1. The number of carbonyl (C=O) groups is 1. The molecule has 5 heteroatoms. The summed E-state index contributed by atoms with van der Waals surface area (Å²) >= 11 is 3.17. The monoisotopic (exact) mass is 344 g/mol. The minimum Gasteiger partial charge on any atom is -0.450 e. The van der Waals surface area contributed by atoms with Gasteiger partial charge in [-0.05, 0) is 53.5 Å². The molecule has 0 unspecified atom stereocenters. The summed E-state index contributed by atoms with van der Waals surface area (Å²) in [7, 11) is 0. The third kappa shape index (κ3) is 3.83. The van der Waals surface area contributed by atoms with Crippen LogP contribution in [0, 0.1) is 25.2 Å². The zero-order valence-electron chi connectivity index (χ0n) is 11.6. The lowest BCUT2D eigenvalue weighted by Crippen LogP contribution is -2.14. The van der Waals surface area contributed by atoms with E-state index in [0.29, 0.717) is 16.1 Å². The first kappa shape index (κ1) is 15.1. The van der Waals surface area contributed by atoms with Crippen LogP contribution in [-0.4, -0.2) is 5.91 Å². The molecule has 1 aromatic carbocycles. The maximum Gasteiger partial charge on any atom is 0.266 e. The van der Waals surface area contributed by atoms with Gasteiger partial charge in [0.05, 0.1) is 0 Å². The van der Waals surface area contributed by atoms with Crippen molar-refractivity contribution in [1.29, 1.82) is 5.26 Å². The summed E-state index contributed by atoms with van der Waals surface area (Å²) in [5.41, 5.74) is 2.73. The molecule has 0 radical (unpaired) electrons. The third-order valence-electron chi connectivity index (χ3n) is 2.88. The first-order valence-electron chi connectivity index (χ1n) is 6.25. The number of nitrogens with zero attached hydrogens (tertiary/aromatic N) is 1. The molecule has 0 saturated carbocycles. The third-order valence-corrected chi connectivity index (χ3v) is 3.30. The molecule has 1 N–H and O–H groups in total. The van der Waals surface area contributed by atoms with Gasteiger partial charge in [0.2, 0.25) is 0 Å². The summed E-state index contributed by atoms with van der Waals surface area (Å²) < 4.78 is 5.81. The molecular weight excluding hydrogens is 332 g/mol. The molecule has 2 rings (SSSR count). The fraction of sp³-hybridized carbons (Fsp3) is 0.125. The molecule has 0 saturated heterocycles. The Balaban J connectivity index is 2.21. The zero-order chi connectivity index (χ0) is 15.4. The van der Waals surface area contributed by atoms with Gasteiger partial charge in [0, 0.05) is 11.8 Å². The smallest absolute Gasteiger partial charge is 0.266 e. The van der Waals surface area contributed by atoms with E-state index in [1.54, 1.807) is 12.1 Å². The van der Waals surface area contributed by atoms with Crippen LogP contribution in [0.15, 0.2) is 45.0 Å². The van der Waals surface area contributed by atoms with Gasteiger partial charge in [-0.1, -0.05) is 17.7 Å². The molecule has 0 aliphatic rings. The Morgan fingerprint density at radius 1 is 1.33 bits per heavy atom. The summed E-state index contributed by atoms with van der Waals surface area (Å²) in [5, 5.41) is 11.9. The van der Waals surface area contributed by atoms with E-state index in [9.17, 15) is 4.79 Å². The number of amides is 1. The van der Waals surface area contributed by atoms with Gasteiger partial charge in [-0.15, -0.1) is 0 Å². The highest BCUT2D eigenvalue weighted by Gasteiger charge is 2.12. The van der Waals surface area contributed by atoms with Gasteiger partial charge in [0.1, 0.15) is 17.4 Å². The van der Waals surface area contributed by atoms with Gasteiger partial charge < -0.3 is 9.73 Å². The Kier molecular flexibility index (Phi) is 4.61. The van der Waals surface area contributed by atoms with E-state index in [4.69, 9.17) is 9.68 Å². The van der Waals surface area contributed by atoms with Crippen molar-refractivity contribution in [3.05, 3.63) is 57.5 Å². The molecule has 0 bridgehead atoms. The Morgan fingerprint density at radius 3 is 2.67 bits per heavy atom. The highest BCUT2D eigenvalue weighted by Crippen LogP contribution is 2.19. The van der Waals surface area contributed by atoms with Crippen molar-refractivity contribution in [2.24, 2.45) is 0 Å². The second-order valence-corrected chi connectivity index (χ2v) is 5.37. The minimum absolute atomic E-state index is 0.0168. The lowest BCUT2D eigenvalue weighted by molar-refractivity contribution is -0.112. The number of benzene rings is 1. The minimum atomic E-state index is -0.461. The number of carbonyl (C=O) groups excluding carboxylic acids is 1. The average Bonchev–Trinajstić information content (AvgIpc) is 2.84. The zero-order valence-corrected chi connectivity index (χ0v) is 13.2. The van der Waals surface area contributed by atoms with Crippen molar-refractivity contribution in [2.75, 3.05) is 5.32 Å². The van der Waals surface area contributed by atoms with E-state index < -0.39 is 5.91 Å². The second kappa shape index (κ2) is 6.42. The molecule has 0 spiro atoms. The van der Waals surface area contributed by atoms with Gasteiger partial charge in [-0.3, -0.25) is 4.79 Å². The van der Waals surface area contributed by atoms with Crippen LogP contribution in [0.1, 0.15) is 16.9 Å². The number of aryl methyl sites for hydroxylation is 2. The van der Waals surface area contributed by atoms with Crippen molar-refractivity contribution < 1.29 is 9.21 Å². The number of hydrogen-bond donors (Lipinski definition) is 1. The molecule has 1 heterocycles. The summed E-state index contributed by atoms with van der Waals surface area (Å²) in [5.74, 6) is -0.0221. The Morgan fingerprint density at radius 2 is 2.10 bits per heavy atom. The van der Waals surface area contributed by atoms with Gasteiger partial charge in [-0.2, -0.15) is 5.26 Å². The van der Waals surface area contributed by atoms with E-state index in [1.165, 1.54) is 6.08 Å². The summed E-state index contributed by atoms with van der Waals surface area (Å²) in [6, 6.07) is 10.9. The molecule has 0 fully saturated rings. The molecular formula is C16H13BrN2O2. The van der Waals surface area contributed by atoms with Crippen LogP contribution < -0.4 is 5.32 Å². The van der Waals surface area contributed by atoms with Crippen molar-refractivity contribution in [3.8, 4) is 6.07 Å². The van der Waals surface area contributed by atoms with Gasteiger partial charge in [-0.25, -0.2) is 0 Å². The lowest BCUT2D eigenvalue weighted by atomic mass is 10.1. The van der Waals surface area contributed by atoms with E-state index in [2.05, 4.69) is 21.2 Å². The van der Waals surface area contributed by atoms with Crippen LogP contribution in [0.5, 0.6) is 0 Å². The molecule has 1 aromatic heterocycles. The number of nitrogens with one attached hydrogen (secondary N) is 1. The van der Waals surface area contributed by atoms with E-state index in [0.717, 1.165) is 11.1 Å². The van der Waals surface area contributed by atoms with Crippen LogP contribution in [0.2, 0.25) is 0 Å². The molecule has 0 aliphatic heterocycles. The quantitative estimate of drug-likeness (QED) is 0.670. The molecule has 106 valence electrons. The molecule has 4 nitrogen and oxygen atoms in total. The Hall–Kier alpha value is -2.32. The van der Waals surface area contributed by atoms with Crippen LogP contribution in [0.25, 0.3) is 6.08 Å². The number of furan rings is 1. The highest BCUT2D eigenvalue weighted by atomic mass is 79.9. The van der Waals surface area contributed by atoms with E-state index >= 15 is 0 Å². The van der Waals surface area contributed by atoms with Crippen LogP contribution >= 0.6 is 15.9 Å². The van der Waals surface area contributed by atoms with Crippen molar-refractivity contribution in [1.82, 2.24) is 0 Å².